The molecule has 0 spiro atoms. The molecular weight excluding hydrogens is 282 g/mol. The number of rotatable bonds is 1. The average Bonchev–Trinajstić information content (AvgIpc) is 3.06. The molecule has 0 aliphatic heterocycles. The Kier molecular flexibility index (Phi) is 2.29. The summed E-state index contributed by atoms with van der Waals surface area (Å²) in [5.41, 5.74) is 4.02. The molecule has 0 amide bonds. The summed E-state index contributed by atoms with van der Waals surface area (Å²) in [5, 5.41) is 7.01. The minimum Gasteiger partial charge on any atom is -0.308 e. The Morgan fingerprint density at radius 3 is 2.18 bits per heavy atom. The Bertz CT molecular complexity index is 1150. The van der Waals surface area contributed by atoms with Gasteiger partial charge in [0, 0.05) is 21.5 Å². The van der Waals surface area contributed by atoms with Gasteiger partial charge >= 0.3 is 0 Å². The van der Waals surface area contributed by atoms with E-state index in [4.69, 9.17) is 0 Å². The van der Waals surface area contributed by atoms with Gasteiger partial charge in [-0.3, -0.25) is 0 Å². The molecule has 2 heteroatoms. The van der Waals surface area contributed by atoms with Gasteiger partial charge in [0.1, 0.15) is 0 Å². The van der Waals surface area contributed by atoms with Gasteiger partial charge in [0.05, 0.1) is 25.3 Å². The Morgan fingerprint density at radius 2 is 1.36 bits per heavy atom. The first-order valence-electron chi connectivity index (χ1n) is 7.73. The Hall–Kier alpha value is -2.32. The highest BCUT2D eigenvalue weighted by molar-refractivity contribution is 6.71. The zero-order valence-electron chi connectivity index (χ0n) is 12.7. The molecular formula is C20H16NSi. The molecule has 0 saturated heterocycles. The summed E-state index contributed by atoms with van der Waals surface area (Å²) in [7, 11) is -0.422. The van der Waals surface area contributed by atoms with E-state index in [9.17, 15) is 0 Å². The molecule has 0 bridgehead atoms. The standard InChI is InChI=1S/C20H16NSi/c1-22(2)13-10-11-19-17(12-13)16-8-5-7-15-14-6-3-4-9-18(14)21(19)20(15)16/h3-12H,1-2H3. The molecule has 3 aromatic carbocycles. The van der Waals surface area contributed by atoms with Crippen LogP contribution in [0.5, 0.6) is 0 Å². The number of hydrogen-bond acceptors (Lipinski definition) is 0. The van der Waals surface area contributed by atoms with E-state index in [1.165, 1.54) is 43.3 Å². The van der Waals surface area contributed by atoms with Crippen LogP contribution in [0.4, 0.5) is 0 Å². The van der Waals surface area contributed by atoms with Crippen molar-refractivity contribution in [2.24, 2.45) is 0 Å². The van der Waals surface area contributed by atoms with Crippen LogP contribution >= 0.6 is 0 Å². The summed E-state index contributed by atoms with van der Waals surface area (Å²) in [6.45, 7) is 4.72. The van der Waals surface area contributed by atoms with E-state index in [0.29, 0.717) is 0 Å². The largest absolute Gasteiger partial charge is 0.308 e. The fraction of sp³-hybridized carbons (Fsp3) is 0.100. The predicted molar refractivity (Wildman–Crippen MR) is 98.2 cm³/mol. The van der Waals surface area contributed by atoms with Crippen molar-refractivity contribution in [2.75, 3.05) is 0 Å². The van der Waals surface area contributed by atoms with Crippen molar-refractivity contribution < 1.29 is 0 Å². The van der Waals surface area contributed by atoms with Gasteiger partial charge in [-0.25, -0.2) is 0 Å². The summed E-state index contributed by atoms with van der Waals surface area (Å²) >= 11 is 0. The summed E-state index contributed by atoms with van der Waals surface area (Å²) < 4.78 is 2.44. The molecule has 22 heavy (non-hydrogen) atoms. The van der Waals surface area contributed by atoms with Gasteiger partial charge in [-0.05, 0) is 12.1 Å². The van der Waals surface area contributed by atoms with Gasteiger partial charge in [-0.1, -0.05) is 66.8 Å². The lowest BCUT2D eigenvalue weighted by atomic mass is 10.1. The van der Waals surface area contributed by atoms with Crippen LogP contribution in [0.25, 0.3) is 38.1 Å². The van der Waals surface area contributed by atoms with Crippen LogP contribution in [-0.2, 0) is 0 Å². The highest BCUT2D eigenvalue weighted by atomic mass is 28.3. The van der Waals surface area contributed by atoms with Gasteiger partial charge in [0.2, 0.25) is 0 Å². The predicted octanol–water partition coefficient (Wildman–Crippen LogP) is 4.80. The Labute approximate surface area is 130 Å². The monoisotopic (exact) mass is 298 g/mol. The number of aromatic nitrogens is 1. The minimum atomic E-state index is -0.422. The molecule has 0 atom stereocenters. The van der Waals surface area contributed by atoms with Gasteiger partial charge in [-0.2, -0.15) is 0 Å². The third kappa shape index (κ3) is 1.38. The van der Waals surface area contributed by atoms with E-state index in [1.54, 1.807) is 0 Å². The van der Waals surface area contributed by atoms with E-state index in [0.717, 1.165) is 0 Å². The molecule has 0 aliphatic rings. The summed E-state index contributed by atoms with van der Waals surface area (Å²) in [6.07, 6.45) is 0. The molecule has 5 aromatic rings. The lowest BCUT2D eigenvalue weighted by molar-refractivity contribution is 1.37. The van der Waals surface area contributed by atoms with E-state index in [2.05, 4.69) is 78.2 Å². The molecule has 2 aromatic heterocycles. The third-order valence-electron chi connectivity index (χ3n) is 4.80. The van der Waals surface area contributed by atoms with Gasteiger partial charge in [0.15, 0.2) is 0 Å². The molecule has 0 unspecified atom stereocenters. The second kappa shape index (κ2) is 4.11. The van der Waals surface area contributed by atoms with E-state index in [-0.39, 0.29) is 0 Å². The average molecular weight is 298 g/mol. The molecule has 5 rings (SSSR count). The van der Waals surface area contributed by atoms with Crippen LogP contribution in [0.3, 0.4) is 0 Å². The van der Waals surface area contributed by atoms with Gasteiger partial charge < -0.3 is 4.40 Å². The van der Waals surface area contributed by atoms with Crippen LogP contribution < -0.4 is 5.19 Å². The lowest BCUT2D eigenvalue weighted by Crippen LogP contribution is -2.21. The van der Waals surface area contributed by atoms with Crippen LogP contribution in [-0.4, -0.2) is 13.2 Å². The van der Waals surface area contributed by atoms with E-state index < -0.39 is 8.80 Å². The zero-order valence-corrected chi connectivity index (χ0v) is 13.7. The highest BCUT2D eigenvalue weighted by Gasteiger charge is 2.17. The normalized spacial score (nSPS) is 12.5. The SMILES string of the molecule is C[Si](C)c1ccc2c(c1)c1cccc3c4ccccc4n2c31. The van der Waals surface area contributed by atoms with E-state index in [1.807, 2.05) is 0 Å². The van der Waals surface area contributed by atoms with Crippen LogP contribution in [0, 0.1) is 0 Å². The van der Waals surface area contributed by atoms with Crippen LogP contribution in [0.1, 0.15) is 0 Å². The summed E-state index contributed by atoms with van der Waals surface area (Å²) in [5.74, 6) is 0. The highest BCUT2D eigenvalue weighted by Crippen LogP contribution is 2.38. The van der Waals surface area contributed by atoms with Crippen LogP contribution in [0.15, 0.2) is 60.7 Å². The molecule has 0 fully saturated rings. The first-order valence-corrected chi connectivity index (χ1v) is 10.2. The van der Waals surface area contributed by atoms with Crippen molar-refractivity contribution in [3.05, 3.63) is 60.7 Å². The topological polar surface area (TPSA) is 4.41 Å². The second-order valence-corrected chi connectivity index (χ2v) is 8.86. The third-order valence-corrected chi connectivity index (χ3v) is 6.27. The van der Waals surface area contributed by atoms with E-state index >= 15 is 0 Å². The molecule has 2 heterocycles. The number of para-hydroxylation sites is 2. The smallest absolute Gasteiger partial charge is 0.0791 e. The second-order valence-electron chi connectivity index (χ2n) is 6.29. The summed E-state index contributed by atoms with van der Waals surface area (Å²) in [6, 6.07) is 22.5. The molecule has 0 saturated carbocycles. The van der Waals surface area contributed by atoms with Crippen molar-refractivity contribution in [1.29, 1.82) is 0 Å². The molecule has 0 aliphatic carbocycles. The maximum atomic E-state index is 2.44. The number of benzene rings is 3. The first-order chi connectivity index (χ1) is 10.8. The van der Waals surface area contributed by atoms with Crippen LogP contribution in [0.2, 0.25) is 13.1 Å². The van der Waals surface area contributed by atoms with Crippen molar-refractivity contribution in [2.45, 2.75) is 13.1 Å². The number of fused-ring (bicyclic) bond motifs is 6. The van der Waals surface area contributed by atoms with Crippen molar-refractivity contribution in [3.8, 4) is 0 Å². The Balaban J connectivity index is 2.12. The summed E-state index contributed by atoms with van der Waals surface area (Å²) in [4.78, 5) is 0. The van der Waals surface area contributed by atoms with Crippen molar-refractivity contribution in [3.63, 3.8) is 0 Å². The zero-order chi connectivity index (χ0) is 14.8. The molecule has 1 nitrogen and oxygen atoms in total. The lowest BCUT2D eigenvalue weighted by Gasteiger charge is -2.04. The molecule has 1 radical (unpaired) electrons. The maximum Gasteiger partial charge on any atom is 0.0791 e. The van der Waals surface area contributed by atoms with Gasteiger partial charge in [0.25, 0.3) is 0 Å². The maximum absolute atomic E-state index is 2.44. The van der Waals surface area contributed by atoms with Gasteiger partial charge in [-0.15, -0.1) is 0 Å². The fourth-order valence-electron chi connectivity index (χ4n) is 3.74. The number of hydrogen-bond donors (Lipinski definition) is 0. The number of nitrogens with zero attached hydrogens (tertiary/aromatic N) is 1. The van der Waals surface area contributed by atoms with Crippen molar-refractivity contribution >= 4 is 52.1 Å². The fourth-order valence-corrected chi connectivity index (χ4v) is 4.59. The molecule has 0 N–H and O–H groups in total. The quantitative estimate of drug-likeness (QED) is 0.392. The Morgan fingerprint density at radius 1 is 0.682 bits per heavy atom. The minimum absolute atomic E-state index is 0.422. The van der Waals surface area contributed by atoms with Crippen molar-refractivity contribution in [1.82, 2.24) is 4.40 Å². The first kappa shape index (κ1) is 12.2. The molecule has 105 valence electrons.